The quantitative estimate of drug-likeness (QED) is 0.619. The highest BCUT2D eigenvalue weighted by molar-refractivity contribution is 5.96. The van der Waals surface area contributed by atoms with Crippen molar-refractivity contribution in [3.05, 3.63) is 83.4 Å². The summed E-state index contributed by atoms with van der Waals surface area (Å²) in [7, 11) is 0. The largest absolute Gasteiger partial charge is 0.337 e. The molecule has 4 nitrogen and oxygen atoms in total. The van der Waals surface area contributed by atoms with Crippen LogP contribution in [0.5, 0.6) is 0 Å². The average molecular weight is 419 g/mol. The lowest BCUT2D eigenvalue weighted by molar-refractivity contribution is 0.0719. The van der Waals surface area contributed by atoms with Crippen molar-refractivity contribution < 1.29 is 9.59 Å². The van der Waals surface area contributed by atoms with Gasteiger partial charge in [0.1, 0.15) is 0 Å². The molecule has 0 atom stereocenters. The van der Waals surface area contributed by atoms with Gasteiger partial charge in [-0.25, -0.2) is 0 Å². The molecule has 2 aromatic rings. The molecule has 0 N–H and O–H groups in total. The molecule has 4 heteroatoms. The van der Waals surface area contributed by atoms with Crippen molar-refractivity contribution in [3.8, 4) is 0 Å². The molecule has 0 aromatic heterocycles. The fourth-order valence-electron chi connectivity index (χ4n) is 3.55. The predicted molar refractivity (Wildman–Crippen MR) is 130 cm³/mol. The Hall–Kier alpha value is -3.14. The Morgan fingerprint density at radius 1 is 0.871 bits per heavy atom. The number of hydrogen-bond acceptors (Lipinski definition) is 2. The zero-order valence-electron chi connectivity index (χ0n) is 19.0. The van der Waals surface area contributed by atoms with Gasteiger partial charge in [0.25, 0.3) is 11.8 Å². The molecule has 1 saturated heterocycles. The minimum Gasteiger partial charge on any atom is -0.337 e. The van der Waals surface area contributed by atoms with Gasteiger partial charge in [-0.3, -0.25) is 9.59 Å². The molecular formula is C27H34N2O2. The third kappa shape index (κ3) is 6.42. The first-order chi connectivity index (χ1) is 15.1. The van der Waals surface area contributed by atoms with Crippen LogP contribution in [0.3, 0.4) is 0 Å². The molecule has 1 aliphatic rings. The van der Waals surface area contributed by atoms with Crippen LogP contribution in [0.4, 0.5) is 0 Å². The third-order valence-electron chi connectivity index (χ3n) is 5.18. The van der Waals surface area contributed by atoms with Crippen LogP contribution in [0.2, 0.25) is 0 Å². The van der Waals surface area contributed by atoms with E-state index in [9.17, 15) is 9.59 Å². The molecule has 0 saturated carbocycles. The van der Waals surface area contributed by atoms with Gasteiger partial charge < -0.3 is 9.80 Å². The molecule has 1 fully saturated rings. The SMILES string of the molecule is C=Cc1cc(C(=O)N2CCCN(C(=O)c3ccccc3)CC2)ccc1/C=C\CC.CC. The number of allylic oxidation sites excluding steroid dienone is 1. The number of rotatable bonds is 5. The lowest BCUT2D eigenvalue weighted by Crippen LogP contribution is -2.37. The topological polar surface area (TPSA) is 40.6 Å². The molecular weight excluding hydrogens is 384 g/mol. The molecule has 0 spiro atoms. The molecule has 31 heavy (non-hydrogen) atoms. The van der Waals surface area contributed by atoms with Crippen molar-refractivity contribution >= 4 is 24.0 Å². The van der Waals surface area contributed by atoms with E-state index in [1.165, 1.54) is 0 Å². The van der Waals surface area contributed by atoms with Gasteiger partial charge in [0, 0.05) is 37.3 Å². The van der Waals surface area contributed by atoms with E-state index in [4.69, 9.17) is 0 Å². The van der Waals surface area contributed by atoms with E-state index in [1.807, 2.05) is 72.2 Å². The second-order valence-corrected chi connectivity index (χ2v) is 7.16. The number of hydrogen-bond donors (Lipinski definition) is 0. The molecule has 1 heterocycles. The minimum atomic E-state index is 0.00753. The number of amides is 2. The van der Waals surface area contributed by atoms with Crippen molar-refractivity contribution in [2.45, 2.75) is 33.6 Å². The van der Waals surface area contributed by atoms with Crippen LogP contribution < -0.4 is 0 Å². The number of carbonyl (C=O) groups excluding carboxylic acids is 2. The predicted octanol–water partition coefficient (Wildman–Crippen LogP) is 5.77. The van der Waals surface area contributed by atoms with Crippen LogP contribution in [-0.4, -0.2) is 47.8 Å². The maximum atomic E-state index is 13.1. The normalized spacial score (nSPS) is 13.9. The molecule has 0 bridgehead atoms. The zero-order valence-corrected chi connectivity index (χ0v) is 19.0. The Labute approximate surface area is 186 Å². The van der Waals surface area contributed by atoms with Gasteiger partial charge in [-0.1, -0.05) is 69.8 Å². The van der Waals surface area contributed by atoms with Crippen molar-refractivity contribution in [2.75, 3.05) is 26.2 Å². The first-order valence-electron chi connectivity index (χ1n) is 11.2. The smallest absolute Gasteiger partial charge is 0.253 e. The molecule has 2 amide bonds. The van der Waals surface area contributed by atoms with Gasteiger partial charge in [-0.05, 0) is 48.2 Å². The van der Waals surface area contributed by atoms with Crippen molar-refractivity contribution in [3.63, 3.8) is 0 Å². The number of nitrogens with zero attached hydrogens (tertiary/aromatic N) is 2. The van der Waals surface area contributed by atoms with Crippen molar-refractivity contribution in [2.24, 2.45) is 0 Å². The first kappa shape index (κ1) is 24.1. The summed E-state index contributed by atoms with van der Waals surface area (Å²) in [6.07, 6.45) is 7.68. The average Bonchev–Trinajstić information content (AvgIpc) is 3.10. The monoisotopic (exact) mass is 418 g/mol. The van der Waals surface area contributed by atoms with Gasteiger partial charge in [0.05, 0.1) is 0 Å². The summed E-state index contributed by atoms with van der Waals surface area (Å²) in [6, 6.07) is 15.1. The van der Waals surface area contributed by atoms with Crippen molar-refractivity contribution in [1.29, 1.82) is 0 Å². The maximum Gasteiger partial charge on any atom is 0.253 e. The highest BCUT2D eigenvalue weighted by Gasteiger charge is 2.23. The summed E-state index contributed by atoms with van der Waals surface area (Å²) >= 11 is 0. The molecule has 1 aliphatic heterocycles. The number of benzene rings is 2. The van der Waals surface area contributed by atoms with Crippen LogP contribution in [0.1, 0.15) is 65.5 Å². The maximum absolute atomic E-state index is 13.1. The molecule has 0 radical (unpaired) electrons. The fraction of sp³-hybridized carbons (Fsp3) is 0.333. The van der Waals surface area contributed by atoms with E-state index in [0.29, 0.717) is 37.3 Å². The van der Waals surface area contributed by atoms with Crippen LogP contribution in [-0.2, 0) is 0 Å². The van der Waals surface area contributed by atoms with Crippen molar-refractivity contribution in [1.82, 2.24) is 9.80 Å². The highest BCUT2D eigenvalue weighted by Crippen LogP contribution is 2.18. The minimum absolute atomic E-state index is 0.00753. The lowest BCUT2D eigenvalue weighted by Gasteiger charge is -2.22. The van der Waals surface area contributed by atoms with Crippen LogP contribution >= 0.6 is 0 Å². The van der Waals surface area contributed by atoms with E-state index in [0.717, 1.165) is 24.0 Å². The molecule has 0 aliphatic carbocycles. The van der Waals surface area contributed by atoms with Crippen LogP contribution in [0.15, 0.2) is 61.2 Å². The highest BCUT2D eigenvalue weighted by atomic mass is 16.2. The Balaban J connectivity index is 0.00000166. The van der Waals surface area contributed by atoms with Gasteiger partial charge in [0.15, 0.2) is 0 Å². The van der Waals surface area contributed by atoms with Gasteiger partial charge in [-0.2, -0.15) is 0 Å². The molecule has 3 rings (SSSR count). The summed E-state index contributed by atoms with van der Waals surface area (Å²) in [6.45, 7) is 12.4. The lowest BCUT2D eigenvalue weighted by atomic mass is 10.0. The van der Waals surface area contributed by atoms with Gasteiger partial charge in [0.2, 0.25) is 0 Å². The fourth-order valence-corrected chi connectivity index (χ4v) is 3.55. The van der Waals surface area contributed by atoms with Gasteiger partial charge >= 0.3 is 0 Å². The Morgan fingerprint density at radius 2 is 1.48 bits per heavy atom. The zero-order chi connectivity index (χ0) is 22.6. The van der Waals surface area contributed by atoms with Crippen LogP contribution in [0, 0.1) is 0 Å². The Bertz CT molecular complexity index is 903. The summed E-state index contributed by atoms with van der Waals surface area (Å²) in [5, 5.41) is 0. The van der Waals surface area contributed by atoms with E-state index in [1.54, 1.807) is 6.08 Å². The Morgan fingerprint density at radius 3 is 2.06 bits per heavy atom. The van der Waals surface area contributed by atoms with Crippen LogP contribution in [0.25, 0.3) is 12.2 Å². The second-order valence-electron chi connectivity index (χ2n) is 7.16. The Kier molecular flexibility index (Phi) is 9.76. The van der Waals surface area contributed by atoms with E-state index < -0.39 is 0 Å². The van der Waals surface area contributed by atoms with Gasteiger partial charge in [-0.15, -0.1) is 0 Å². The van der Waals surface area contributed by atoms with E-state index >= 15 is 0 Å². The van der Waals surface area contributed by atoms with E-state index in [2.05, 4.69) is 25.7 Å². The summed E-state index contributed by atoms with van der Waals surface area (Å²) in [5.41, 5.74) is 3.38. The summed E-state index contributed by atoms with van der Waals surface area (Å²) < 4.78 is 0. The summed E-state index contributed by atoms with van der Waals surface area (Å²) in [5.74, 6) is 0.0361. The van der Waals surface area contributed by atoms with E-state index in [-0.39, 0.29) is 11.8 Å². The molecule has 164 valence electrons. The summed E-state index contributed by atoms with van der Waals surface area (Å²) in [4.78, 5) is 29.5. The first-order valence-corrected chi connectivity index (χ1v) is 11.2. The molecule has 2 aromatic carbocycles. The third-order valence-corrected chi connectivity index (χ3v) is 5.18. The second kappa shape index (κ2) is 12.5. The molecule has 0 unspecified atom stereocenters. The standard InChI is InChI=1S/C25H28N2O2.C2H6/c1-3-5-10-21-13-14-23(19-20(21)4-2)25(29)27-16-9-15-26(17-18-27)24(28)22-11-7-6-8-12-22;1-2/h4-8,10-14,19H,2-3,9,15-18H2,1H3;1-2H3/b10-5-;. The number of carbonyl (C=O) groups is 2.